The summed E-state index contributed by atoms with van der Waals surface area (Å²) in [5.41, 5.74) is 0.530. The molecule has 10 heteroatoms. The van der Waals surface area contributed by atoms with Crippen molar-refractivity contribution in [3.05, 3.63) is 29.3 Å². The van der Waals surface area contributed by atoms with Crippen LogP contribution in [0.25, 0.3) is 0 Å². The monoisotopic (exact) mass is 439 g/mol. The Balaban J connectivity index is 1.92. The van der Waals surface area contributed by atoms with Crippen LogP contribution >= 0.6 is 0 Å². The second-order valence-corrected chi connectivity index (χ2v) is 9.21. The summed E-state index contributed by atoms with van der Waals surface area (Å²) < 4.78 is 31.5. The van der Waals surface area contributed by atoms with Crippen LogP contribution in [-0.4, -0.2) is 45.5 Å². The van der Waals surface area contributed by atoms with E-state index in [1.807, 2.05) is 0 Å². The number of hydrogen-bond acceptors (Lipinski definition) is 6. The van der Waals surface area contributed by atoms with Gasteiger partial charge in [-0.15, -0.1) is 0 Å². The van der Waals surface area contributed by atoms with Gasteiger partial charge in [0.2, 0.25) is 10.0 Å². The Morgan fingerprint density at radius 3 is 2.53 bits per heavy atom. The van der Waals surface area contributed by atoms with Crippen LogP contribution in [0.15, 0.2) is 23.1 Å². The van der Waals surface area contributed by atoms with Crippen LogP contribution in [-0.2, 0) is 19.6 Å². The van der Waals surface area contributed by atoms with E-state index in [1.165, 1.54) is 18.2 Å². The number of imide groups is 1. The molecule has 3 amide bonds. The van der Waals surface area contributed by atoms with E-state index in [0.717, 1.165) is 25.7 Å². The number of nitrogens with one attached hydrogen (secondary N) is 3. The average molecular weight is 440 g/mol. The lowest BCUT2D eigenvalue weighted by Crippen LogP contribution is -2.48. The molecule has 0 saturated heterocycles. The summed E-state index contributed by atoms with van der Waals surface area (Å²) in [7, 11) is -3.74. The number of esters is 1. The number of hydrogen-bond donors (Lipinski definition) is 3. The molecular weight excluding hydrogens is 410 g/mol. The summed E-state index contributed by atoms with van der Waals surface area (Å²) in [4.78, 5) is 36.2. The van der Waals surface area contributed by atoms with E-state index in [9.17, 15) is 22.8 Å². The lowest BCUT2D eigenvalue weighted by Gasteiger charge is -2.29. The third-order valence-electron chi connectivity index (χ3n) is 5.09. The van der Waals surface area contributed by atoms with Crippen LogP contribution in [0, 0.1) is 12.8 Å². The third kappa shape index (κ3) is 6.53. The molecule has 0 heterocycles. The summed E-state index contributed by atoms with van der Waals surface area (Å²) in [6.07, 6.45) is 4.05. The number of rotatable bonds is 7. The minimum absolute atomic E-state index is 0.0122. The van der Waals surface area contributed by atoms with E-state index in [0.29, 0.717) is 11.5 Å². The molecule has 1 fully saturated rings. The molecule has 2 rings (SSSR count). The molecule has 0 spiro atoms. The fraction of sp³-hybridized carbons (Fsp3) is 0.550. The number of carbonyl (C=O) groups is 3. The normalized spacial score (nSPS) is 19.0. The number of urea groups is 1. The van der Waals surface area contributed by atoms with Gasteiger partial charge in [0.25, 0.3) is 5.91 Å². The Hall–Kier alpha value is -2.46. The van der Waals surface area contributed by atoms with Gasteiger partial charge < -0.3 is 10.1 Å². The standard InChI is InChI=1S/C20H29N3O6S/c1-4-21-30(27,28)15-10-9-13(2)16(11-15)19(25)29-12-18(24)23-20(26)22-17-8-6-5-7-14(17)3/h9-11,14,17,21H,4-8,12H2,1-3H3,(H2,22,23,24,26). The van der Waals surface area contributed by atoms with Crippen molar-refractivity contribution in [2.45, 2.75) is 57.4 Å². The minimum atomic E-state index is -3.74. The van der Waals surface area contributed by atoms with E-state index < -0.39 is 34.5 Å². The second kappa shape index (κ2) is 10.5. The largest absolute Gasteiger partial charge is 0.452 e. The van der Waals surface area contributed by atoms with E-state index in [4.69, 9.17) is 4.74 Å². The highest BCUT2D eigenvalue weighted by molar-refractivity contribution is 7.89. The Morgan fingerprint density at radius 2 is 1.87 bits per heavy atom. The Bertz CT molecular complexity index is 900. The van der Waals surface area contributed by atoms with Crippen molar-refractivity contribution in [2.24, 2.45) is 5.92 Å². The van der Waals surface area contributed by atoms with Gasteiger partial charge in [0.05, 0.1) is 10.5 Å². The quantitative estimate of drug-likeness (QED) is 0.556. The van der Waals surface area contributed by atoms with E-state index in [2.05, 4.69) is 22.3 Å². The van der Waals surface area contributed by atoms with Gasteiger partial charge in [0.15, 0.2) is 6.61 Å². The van der Waals surface area contributed by atoms with Crippen molar-refractivity contribution in [3.63, 3.8) is 0 Å². The number of carbonyl (C=O) groups excluding carboxylic acids is 3. The van der Waals surface area contributed by atoms with Crippen LogP contribution in [0.5, 0.6) is 0 Å². The SMILES string of the molecule is CCNS(=O)(=O)c1ccc(C)c(C(=O)OCC(=O)NC(=O)NC2CCCCC2C)c1. The molecule has 30 heavy (non-hydrogen) atoms. The van der Waals surface area contributed by atoms with Crippen molar-refractivity contribution in [2.75, 3.05) is 13.2 Å². The molecule has 1 aliphatic rings. The molecule has 1 aliphatic carbocycles. The maximum Gasteiger partial charge on any atom is 0.338 e. The number of ether oxygens (including phenoxy) is 1. The molecule has 3 N–H and O–H groups in total. The highest BCUT2D eigenvalue weighted by atomic mass is 32.2. The summed E-state index contributed by atoms with van der Waals surface area (Å²) >= 11 is 0. The number of amides is 3. The molecule has 0 radical (unpaired) electrons. The number of aryl methyl sites for hydroxylation is 1. The fourth-order valence-corrected chi connectivity index (χ4v) is 4.44. The van der Waals surface area contributed by atoms with Gasteiger partial charge in [-0.2, -0.15) is 0 Å². The first-order valence-corrected chi connectivity index (χ1v) is 11.5. The Labute approximate surface area is 177 Å². The maximum absolute atomic E-state index is 12.3. The molecular formula is C20H29N3O6S. The van der Waals surface area contributed by atoms with Crippen molar-refractivity contribution < 1.29 is 27.5 Å². The van der Waals surface area contributed by atoms with E-state index in [-0.39, 0.29) is 23.0 Å². The first-order chi connectivity index (χ1) is 14.1. The molecule has 166 valence electrons. The smallest absolute Gasteiger partial charge is 0.338 e. The third-order valence-corrected chi connectivity index (χ3v) is 6.63. The number of sulfonamides is 1. The molecule has 1 aromatic carbocycles. The Kier molecular flexibility index (Phi) is 8.36. The fourth-order valence-electron chi connectivity index (χ4n) is 3.37. The zero-order valence-electron chi connectivity index (χ0n) is 17.5. The maximum atomic E-state index is 12.3. The van der Waals surface area contributed by atoms with Crippen molar-refractivity contribution in [3.8, 4) is 0 Å². The van der Waals surface area contributed by atoms with Gasteiger partial charge in [-0.25, -0.2) is 22.7 Å². The van der Waals surface area contributed by atoms with Crippen molar-refractivity contribution in [1.82, 2.24) is 15.4 Å². The first kappa shape index (κ1) is 23.8. The number of benzene rings is 1. The molecule has 0 aromatic heterocycles. The lowest BCUT2D eigenvalue weighted by molar-refractivity contribution is -0.123. The highest BCUT2D eigenvalue weighted by Crippen LogP contribution is 2.23. The summed E-state index contributed by atoms with van der Waals surface area (Å²) in [5.74, 6) is -1.28. The molecule has 9 nitrogen and oxygen atoms in total. The molecule has 0 aliphatic heterocycles. The summed E-state index contributed by atoms with van der Waals surface area (Å²) in [5, 5.41) is 4.93. The topological polar surface area (TPSA) is 131 Å². The van der Waals surface area contributed by atoms with E-state index >= 15 is 0 Å². The van der Waals surface area contributed by atoms with Gasteiger partial charge in [-0.05, 0) is 43.4 Å². The van der Waals surface area contributed by atoms with Crippen LogP contribution in [0.3, 0.4) is 0 Å². The predicted octanol–water partition coefficient (Wildman–Crippen LogP) is 1.85. The average Bonchev–Trinajstić information content (AvgIpc) is 2.68. The summed E-state index contributed by atoms with van der Waals surface area (Å²) in [6, 6.07) is 3.46. The van der Waals surface area contributed by atoms with Crippen molar-refractivity contribution in [1.29, 1.82) is 0 Å². The van der Waals surface area contributed by atoms with Gasteiger partial charge in [-0.1, -0.05) is 32.8 Å². The highest BCUT2D eigenvalue weighted by Gasteiger charge is 2.24. The molecule has 2 atom stereocenters. The zero-order valence-corrected chi connectivity index (χ0v) is 18.3. The second-order valence-electron chi connectivity index (χ2n) is 7.44. The summed E-state index contributed by atoms with van der Waals surface area (Å²) in [6.45, 7) is 4.87. The minimum Gasteiger partial charge on any atom is -0.452 e. The van der Waals surface area contributed by atoms with Crippen LogP contribution in [0.1, 0.15) is 55.5 Å². The van der Waals surface area contributed by atoms with Gasteiger partial charge in [0.1, 0.15) is 0 Å². The molecule has 2 unspecified atom stereocenters. The zero-order chi connectivity index (χ0) is 22.3. The molecule has 1 aromatic rings. The van der Waals surface area contributed by atoms with Crippen LogP contribution < -0.4 is 15.4 Å². The predicted molar refractivity (Wildman–Crippen MR) is 110 cm³/mol. The molecule has 1 saturated carbocycles. The van der Waals surface area contributed by atoms with Crippen LogP contribution in [0.4, 0.5) is 4.79 Å². The lowest BCUT2D eigenvalue weighted by atomic mass is 9.86. The van der Waals surface area contributed by atoms with Crippen LogP contribution in [0.2, 0.25) is 0 Å². The Morgan fingerprint density at radius 1 is 1.17 bits per heavy atom. The van der Waals surface area contributed by atoms with E-state index in [1.54, 1.807) is 13.8 Å². The van der Waals surface area contributed by atoms with Gasteiger partial charge >= 0.3 is 12.0 Å². The molecule has 0 bridgehead atoms. The van der Waals surface area contributed by atoms with Gasteiger partial charge in [-0.3, -0.25) is 10.1 Å². The van der Waals surface area contributed by atoms with Gasteiger partial charge in [0, 0.05) is 12.6 Å². The van der Waals surface area contributed by atoms with Crippen molar-refractivity contribution >= 4 is 27.9 Å². The first-order valence-electron chi connectivity index (χ1n) is 10.0.